The number of oxazole rings is 1. The van der Waals surface area contributed by atoms with Crippen LogP contribution in [0.5, 0.6) is 0 Å². The number of carbonyl (C=O) groups is 1. The Labute approximate surface area is 121 Å². The van der Waals surface area contributed by atoms with Crippen LogP contribution in [0.3, 0.4) is 0 Å². The zero-order chi connectivity index (χ0) is 14.8. The van der Waals surface area contributed by atoms with Gasteiger partial charge in [0.05, 0.1) is 17.1 Å². The molecule has 0 saturated heterocycles. The van der Waals surface area contributed by atoms with Crippen LogP contribution in [-0.2, 0) is 11.3 Å². The van der Waals surface area contributed by atoms with Gasteiger partial charge in [-0.3, -0.25) is 9.69 Å². The Balaban J connectivity index is 2.13. The summed E-state index contributed by atoms with van der Waals surface area (Å²) in [6.07, 6.45) is 1.59. The molecule has 1 N–H and O–H groups in total. The molecule has 20 heavy (non-hydrogen) atoms. The average molecular weight is 294 g/mol. The first kappa shape index (κ1) is 14.7. The fraction of sp³-hybridized carbons (Fsp3) is 0.429. The highest BCUT2D eigenvalue weighted by atomic mass is 32.1. The fourth-order valence-corrected chi connectivity index (χ4v) is 2.44. The van der Waals surface area contributed by atoms with E-state index in [-0.39, 0.29) is 12.1 Å². The largest absolute Gasteiger partial charge is 0.480 e. The molecule has 0 unspecified atom stereocenters. The standard InChI is InChI=1S/C14H18N2O3S/c1-14(2,3)16(8-12(17)18)7-10-9-19-13(15-10)11-5-4-6-20-11/h4-6,9H,7-8H2,1-3H3,(H,17,18). The van der Waals surface area contributed by atoms with Gasteiger partial charge in [-0.1, -0.05) is 6.07 Å². The Morgan fingerprint density at radius 1 is 1.50 bits per heavy atom. The molecule has 0 spiro atoms. The summed E-state index contributed by atoms with van der Waals surface area (Å²) in [4.78, 5) is 18.2. The van der Waals surface area contributed by atoms with Crippen molar-refractivity contribution in [2.75, 3.05) is 6.54 Å². The lowest BCUT2D eigenvalue weighted by molar-refractivity contribution is -0.139. The van der Waals surface area contributed by atoms with E-state index in [4.69, 9.17) is 9.52 Å². The van der Waals surface area contributed by atoms with Crippen LogP contribution < -0.4 is 0 Å². The van der Waals surface area contributed by atoms with Crippen molar-refractivity contribution in [3.8, 4) is 10.8 Å². The number of carboxylic acids is 1. The number of carboxylic acid groups (broad SMARTS) is 1. The van der Waals surface area contributed by atoms with Crippen LogP contribution in [0, 0.1) is 0 Å². The summed E-state index contributed by atoms with van der Waals surface area (Å²) >= 11 is 1.56. The molecule has 0 aromatic carbocycles. The molecule has 2 rings (SSSR count). The highest BCUT2D eigenvalue weighted by Gasteiger charge is 2.24. The molecule has 5 nitrogen and oxygen atoms in total. The quantitative estimate of drug-likeness (QED) is 0.918. The van der Waals surface area contributed by atoms with Crippen LogP contribution in [-0.4, -0.2) is 33.0 Å². The zero-order valence-corrected chi connectivity index (χ0v) is 12.6. The predicted octanol–water partition coefficient (Wildman–Crippen LogP) is 3.09. The van der Waals surface area contributed by atoms with E-state index in [2.05, 4.69) is 4.98 Å². The van der Waals surface area contributed by atoms with Crippen molar-refractivity contribution in [2.24, 2.45) is 0 Å². The molecule has 0 amide bonds. The smallest absolute Gasteiger partial charge is 0.317 e. The summed E-state index contributed by atoms with van der Waals surface area (Å²) in [7, 11) is 0. The van der Waals surface area contributed by atoms with Gasteiger partial charge in [-0.2, -0.15) is 0 Å². The molecular formula is C14H18N2O3S. The van der Waals surface area contributed by atoms with E-state index in [1.165, 1.54) is 0 Å². The SMILES string of the molecule is CC(C)(C)N(CC(=O)O)Cc1coc(-c2cccs2)n1. The van der Waals surface area contributed by atoms with Crippen LogP contribution >= 0.6 is 11.3 Å². The van der Waals surface area contributed by atoms with Gasteiger partial charge in [0.15, 0.2) is 0 Å². The van der Waals surface area contributed by atoms with Gasteiger partial charge in [-0.15, -0.1) is 11.3 Å². The molecule has 2 aromatic heterocycles. The van der Waals surface area contributed by atoms with Gasteiger partial charge in [-0.05, 0) is 32.2 Å². The summed E-state index contributed by atoms with van der Waals surface area (Å²) in [5, 5.41) is 11.0. The average Bonchev–Trinajstić information content (AvgIpc) is 2.95. The molecule has 2 aromatic rings. The first-order valence-corrected chi connectivity index (χ1v) is 7.19. The fourth-order valence-electron chi connectivity index (χ4n) is 1.78. The van der Waals surface area contributed by atoms with E-state index in [0.717, 1.165) is 10.6 Å². The Hall–Kier alpha value is -1.66. The lowest BCUT2D eigenvalue weighted by Gasteiger charge is -2.33. The number of thiophene rings is 1. The summed E-state index contributed by atoms with van der Waals surface area (Å²) in [5.74, 6) is -0.263. The van der Waals surface area contributed by atoms with Crippen LogP contribution in [0.4, 0.5) is 0 Å². The van der Waals surface area contributed by atoms with Crippen molar-refractivity contribution >= 4 is 17.3 Å². The minimum atomic E-state index is -0.845. The van der Waals surface area contributed by atoms with Crippen molar-refractivity contribution in [3.63, 3.8) is 0 Å². The minimum Gasteiger partial charge on any atom is -0.480 e. The monoisotopic (exact) mass is 294 g/mol. The molecule has 0 bridgehead atoms. The number of hydrogen-bond acceptors (Lipinski definition) is 5. The van der Waals surface area contributed by atoms with Crippen molar-refractivity contribution < 1.29 is 14.3 Å². The van der Waals surface area contributed by atoms with E-state index in [1.807, 2.05) is 43.2 Å². The van der Waals surface area contributed by atoms with Gasteiger partial charge in [0.2, 0.25) is 5.89 Å². The maximum Gasteiger partial charge on any atom is 0.317 e. The second kappa shape index (κ2) is 5.76. The molecule has 0 aliphatic rings. The van der Waals surface area contributed by atoms with Crippen LogP contribution in [0.1, 0.15) is 26.5 Å². The van der Waals surface area contributed by atoms with Gasteiger partial charge < -0.3 is 9.52 Å². The van der Waals surface area contributed by atoms with E-state index in [1.54, 1.807) is 17.6 Å². The highest BCUT2D eigenvalue weighted by Crippen LogP contribution is 2.25. The second-order valence-corrected chi connectivity index (χ2v) is 6.49. The molecule has 2 heterocycles. The van der Waals surface area contributed by atoms with Crippen molar-refractivity contribution in [1.82, 2.24) is 9.88 Å². The third-order valence-electron chi connectivity index (χ3n) is 2.91. The first-order valence-electron chi connectivity index (χ1n) is 6.31. The molecule has 0 aliphatic heterocycles. The van der Waals surface area contributed by atoms with Crippen LogP contribution in [0.2, 0.25) is 0 Å². The molecule has 0 radical (unpaired) electrons. The number of aromatic nitrogens is 1. The normalized spacial score (nSPS) is 12.0. The van der Waals surface area contributed by atoms with Gasteiger partial charge in [0.1, 0.15) is 6.26 Å². The van der Waals surface area contributed by atoms with Gasteiger partial charge >= 0.3 is 5.97 Å². The third kappa shape index (κ3) is 3.68. The van der Waals surface area contributed by atoms with Crippen LogP contribution in [0.25, 0.3) is 10.8 Å². The molecule has 108 valence electrons. The first-order chi connectivity index (χ1) is 9.36. The van der Waals surface area contributed by atoms with Crippen molar-refractivity contribution in [3.05, 3.63) is 29.5 Å². The number of rotatable bonds is 5. The van der Waals surface area contributed by atoms with Crippen molar-refractivity contribution in [1.29, 1.82) is 0 Å². The Kier molecular flexibility index (Phi) is 4.25. The maximum absolute atomic E-state index is 11.0. The lowest BCUT2D eigenvalue weighted by Crippen LogP contribution is -2.43. The van der Waals surface area contributed by atoms with Gasteiger partial charge in [0, 0.05) is 12.1 Å². The summed E-state index contributed by atoms with van der Waals surface area (Å²) < 4.78 is 5.45. The molecular weight excluding hydrogens is 276 g/mol. The summed E-state index contributed by atoms with van der Waals surface area (Å²) in [6, 6.07) is 3.88. The zero-order valence-electron chi connectivity index (χ0n) is 11.8. The van der Waals surface area contributed by atoms with E-state index in [0.29, 0.717) is 12.4 Å². The third-order valence-corrected chi connectivity index (χ3v) is 3.77. The Bertz CT molecular complexity index is 570. The molecule has 0 fully saturated rings. The molecule has 6 heteroatoms. The molecule has 0 saturated carbocycles. The summed E-state index contributed by atoms with van der Waals surface area (Å²) in [6.45, 7) is 6.37. The van der Waals surface area contributed by atoms with Crippen LogP contribution in [0.15, 0.2) is 28.2 Å². The topological polar surface area (TPSA) is 66.6 Å². The Morgan fingerprint density at radius 3 is 2.80 bits per heavy atom. The summed E-state index contributed by atoms with van der Waals surface area (Å²) in [5.41, 5.74) is 0.491. The second-order valence-electron chi connectivity index (χ2n) is 5.54. The lowest BCUT2D eigenvalue weighted by atomic mass is 10.1. The number of aliphatic carboxylic acids is 1. The van der Waals surface area contributed by atoms with Gasteiger partial charge in [0.25, 0.3) is 0 Å². The number of hydrogen-bond donors (Lipinski definition) is 1. The van der Waals surface area contributed by atoms with E-state index in [9.17, 15) is 4.79 Å². The molecule has 0 atom stereocenters. The minimum absolute atomic E-state index is 0.0231. The molecule has 0 aliphatic carbocycles. The van der Waals surface area contributed by atoms with Gasteiger partial charge in [-0.25, -0.2) is 4.98 Å². The van der Waals surface area contributed by atoms with E-state index < -0.39 is 5.97 Å². The maximum atomic E-state index is 11.0. The van der Waals surface area contributed by atoms with E-state index >= 15 is 0 Å². The van der Waals surface area contributed by atoms with Crippen molar-refractivity contribution in [2.45, 2.75) is 32.9 Å². The predicted molar refractivity (Wildman–Crippen MR) is 77.6 cm³/mol. The highest BCUT2D eigenvalue weighted by molar-refractivity contribution is 7.13. The Morgan fingerprint density at radius 2 is 2.25 bits per heavy atom. The number of nitrogens with zero attached hydrogens (tertiary/aromatic N) is 2.